The Morgan fingerprint density at radius 1 is 1.29 bits per heavy atom. The third kappa shape index (κ3) is 2.97. The molecule has 1 amide bonds. The van der Waals surface area contributed by atoms with Crippen LogP contribution in [0.25, 0.3) is 0 Å². The lowest BCUT2D eigenvalue weighted by atomic mass is 10.0. The number of anilines is 1. The van der Waals surface area contributed by atoms with Gasteiger partial charge in [-0.15, -0.1) is 0 Å². The molecule has 0 spiro atoms. The largest absolute Gasteiger partial charge is 0.490 e. The van der Waals surface area contributed by atoms with E-state index in [-0.39, 0.29) is 6.61 Å². The Morgan fingerprint density at radius 2 is 2.04 bits per heavy atom. The van der Waals surface area contributed by atoms with Crippen LogP contribution >= 0.6 is 0 Å². The van der Waals surface area contributed by atoms with E-state index in [1.165, 1.54) is 11.8 Å². The van der Waals surface area contributed by atoms with E-state index >= 15 is 0 Å². The molecule has 0 aromatic heterocycles. The maximum absolute atomic E-state index is 12.8. The van der Waals surface area contributed by atoms with Gasteiger partial charge in [0.2, 0.25) is 0 Å². The van der Waals surface area contributed by atoms with Crippen molar-refractivity contribution in [3.8, 4) is 11.8 Å². The second-order valence-corrected chi connectivity index (χ2v) is 6.00. The molecule has 1 aliphatic heterocycles. The Bertz CT molecular complexity index is 794. The van der Waals surface area contributed by atoms with Crippen molar-refractivity contribution in [2.45, 2.75) is 18.9 Å². The third-order valence-corrected chi connectivity index (χ3v) is 4.12. The summed E-state index contributed by atoms with van der Waals surface area (Å²) in [6.07, 6.45) is 0.612. The van der Waals surface area contributed by atoms with Crippen molar-refractivity contribution in [1.82, 2.24) is 0 Å². The molecule has 0 radical (unpaired) electrons. The van der Waals surface area contributed by atoms with E-state index in [0.717, 1.165) is 5.56 Å². The first kappa shape index (κ1) is 16.0. The molecule has 0 saturated carbocycles. The van der Waals surface area contributed by atoms with Gasteiger partial charge in [-0.3, -0.25) is 4.79 Å². The van der Waals surface area contributed by atoms with Crippen LogP contribution in [0.5, 0.6) is 5.75 Å². The molecule has 1 N–H and O–H groups in total. The van der Waals surface area contributed by atoms with Gasteiger partial charge in [-0.05, 0) is 43.2 Å². The minimum atomic E-state index is -1.65. The Labute approximate surface area is 140 Å². The van der Waals surface area contributed by atoms with E-state index in [0.29, 0.717) is 30.0 Å². The van der Waals surface area contributed by atoms with Gasteiger partial charge in [0.1, 0.15) is 12.4 Å². The molecular weight excluding hydrogens is 304 g/mol. The number of amides is 1. The fraction of sp³-hybridized carbons (Fsp3) is 0.263. The molecule has 1 atom stereocenters. The molecule has 1 heterocycles. The van der Waals surface area contributed by atoms with Gasteiger partial charge in [-0.25, -0.2) is 0 Å². The topological polar surface area (TPSA) is 73.6 Å². The summed E-state index contributed by atoms with van der Waals surface area (Å²) in [5, 5.41) is 19.7. The van der Waals surface area contributed by atoms with Crippen LogP contribution in [0.3, 0.4) is 0 Å². The molecule has 3 rings (SSSR count). The zero-order valence-corrected chi connectivity index (χ0v) is 13.4. The summed E-state index contributed by atoms with van der Waals surface area (Å²) in [5.41, 5.74) is 0.468. The monoisotopic (exact) mass is 322 g/mol. The number of nitriles is 1. The van der Waals surface area contributed by atoms with Crippen molar-refractivity contribution < 1.29 is 14.6 Å². The van der Waals surface area contributed by atoms with Gasteiger partial charge in [-0.1, -0.05) is 24.3 Å². The van der Waals surface area contributed by atoms with Gasteiger partial charge in [-0.2, -0.15) is 5.26 Å². The van der Waals surface area contributed by atoms with E-state index in [2.05, 4.69) is 6.07 Å². The molecule has 122 valence electrons. The van der Waals surface area contributed by atoms with Gasteiger partial charge in [0.15, 0.2) is 5.60 Å². The van der Waals surface area contributed by atoms with Crippen molar-refractivity contribution in [3.63, 3.8) is 0 Å². The number of ether oxygens (including phenoxy) is 1. The lowest BCUT2D eigenvalue weighted by Crippen LogP contribution is -2.50. The number of aliphatic hydroxyl groups is 1. The number of nitrogens with zero attached hydrogens (tertiary/aromatic N) is 2. The number of fused-ring (bicyclic) bond motifs is 1. The first-order valence-electron chi connectivity index (χ1n) is 7.77. The average molecular weight is 322 g/mol. The van der Waals surface area contributed by atoms with Gasteiger partial charge in [0.05, 0.1) is 11.6 Å². The zero-order valence-electron chi connectivity index (χ0n) is 13.4. The lowest BCUT2D eigenvalue weighted by molar-refractivity contribution is -0.137. The molecule has 0 bridgehead atoms. The minimum Gasteiger partial charge on any atom is -0.490 e. The molecule has 5 heteroatoms. The summed E-state index contributed by atoms with van der Waals surface area (Å²) in [5.74, 6) is 0.173. The molecule has 5 nitrogen and oxygen atoms in total. The third-order valence-electron chi connectivity index (χ3n) is 4.12. The SMILES string of the molecule is CC(O)(COc1ccccc1)C(=O)N1CCc2c(C#N)cccc21. The molecular formula is C19H18N2O3. The average Bonchev–Trinajstić information content (AvgIpc) is 3.04. The summed E-state index contributed by atoms with van der Waals surface area (Å²) in [6.45, 7) is 1.76. The van der Waals surface area contributed by atoms with Crippen LogP contribution in [0.2, 0.25) is 0 Å². The maximum atomic E-state index is 12.8. The van der Waals surface area contributed by atoms with E-state index < -0.39 is 11.5 Å². The van der Waals surface area contributed by atoms with Crippen LogP contribution in [0, 0.1) is 11.3 Å². The van der Waals surface area contributed by atoms with Crippen LogP contribution in [-0.4, -0.2) is 29.8 Å². The minimum absolute atomic E-state index is 0.139. The smallest absolute Gasteiger partial charge is 0.262 e. The molecule has 0 saturated heterocycles. The zero-order chi connectivity index (χ0) is 17.2. The van der Waals surface area contributed by atoms with Crippen molar-refractivity contribution in [2.24, 2.45) is 0 Å². The number of para-hydroxylation sites is 1. The van der Waals surface area contributed by atoms with E-state index in [9.17, 15) is 15.2 Å². The molecule has 2 aromatic carbocycles. The second-order valence-electron chi connectivity index (χ2n) is 6.00. The molecule has 0 fully saturated rings. The van der Waals surface area contributed by atoms with Gasteiger partial charge < -0.3 is 14.7 Å². The predicted octanol–water partition coefficient (Wildman–Crippen LogP) is 2.28. The highest BCUT2D eigenvalue weighted by molar-refractivity contribution is 6.01. The van der Waals surface area contributed by atoms with Gasteiger partial charge in [0.25, 0.3) is 5.91 Å². The summed E-state index contributed by atoms with van der Waals surface area (Å²) in [6, 6.07) is 16.5. The normalized spacial score (nSPS) is 15.3. The number of rotatable bonds is 4. The molecule has 1 unspecified atom stereocenters. The summed E-state index contributed by atoms with van der Waals surface area (Å²) < 4.78 is 5.53. The first-order valence-corrected chi connectivity index (χ1v) is 7.77. The fourth-order valence-electron chi connectivity index (χ4n) is 2.84. The Hall–Kier alpha value is -2.84. The Kier molecular flexibility index (Phi) is 4.24. The highest BCUT2D eigenvalue weighted by Crippen LogP contribution is 2.32. The maximum Gasteiger partial charge on any atom is 0.262 e. The van der Waals surface area contributed by atoms with Crippen molar-refractivity contribution >= 4 is 11.6 Å². The number of carbonyl (C=O) groups excluding carboxylic acids is 1. The van der Waals surface area contributed by atoms with Crippen LogP contribution in [0.4, 0.5) is 5.69 Å². The highest BCUT2D eigenvalue weighted by Gasteiger charge is 2.39. The second kappa shape index (κ2) is 6.34. The van der Waals surface area contributed by atoms with Gasteiger partial charge in [0, 0.05) is 12.2 Å². The Balaban J connectivity index is 1.76. The van der Waals surface area contributed by atoms with E-state index in [1.807, 2.05) is 18.2 Å². The van der Waals surface area contributed by atoms with Crippen molar-refractivity contribution in [1.29, 1.82) is 5.26 Å². The van der Waals surface area contributed by atoms with Crippen LogP contribution in [0.1, 0.15) is 18.1 Å². The lowest BCUT2D eigenvalue weighted by Gasteiger charge is -2.28. The molecule has 1 aliphatic rings. The van der Waals surface area contributed by atoms with Crippen LogP contribution in [0.15, 0.2) is 48.5 Å². The fourth-order valence-corrected chi connectivity index (χ4v) is 2.84. The number of benzene rings is 2. The predicted molar refractivity (Wildman–Crippen MR) is 89.8 cm³/mol. The quantitative estimate of drug-likeness (QED) is 0.937. The van der Waals surface area contributed by atoms with E-state index in [1.54, 1.807) is 30.3 Å². The van der Waals surface area contributed by atoms with Crippen LogP contribution < -0.4 is 9.64 Å². The summed E-state index contributed by atoms with van der Waals surface area (Å²) in [4.78, 5) is 14.3. The molecule has 2 aromatic rings. The highest BCUT2D eigenvalue weighted by atomic mass is 16.5. The molecule has 0 aliphatic carbocycles. The molecule has 24 heavy (non-hydrogen) atoms. The number of hydrogen-bond acceptors (Lipinski definition) is 4. The summed E-state index contributed by atoms with van der Waals surface area (Å²) in [7, 11) is 0. The van der Waals surface area contributed by atoms with Crippen molar-refractivity contribution in [3.05, 3.63) is 59.7 Å². The standard InChI is InChI=1S/C19H18N2O3/c1-19(23,13-24-15-7-3-2-4-8-15)18(22)21-11-10-16-14(12-20)6-5-9-17(16)21/h2-9,23H,10-11,13H2,1H3. The first-order chi connectivity index (χ1) is 11.5. The van der Waals surface area contributed by atoms with Crippen molar-refractivity contribution in [2.75, 3.05) is 18.1 Å². The van der Waals surface area contributed by atoms with Crippen LogP contribution in [-0.2, 0) is 11.2 Å². The Morgan fingerprint density at radius 3 is 2.75 bits per heavy atom. The number of hydrogen-bond donors (Lipinski definition) is 1. The summed E-state index contributed by atoms with van der Waals surface area (Å²) >= 11 is 0. The number of carbonyl (C=O) groups is 1. The van der Waals surface area contributed by atoms with Gasteiger partial charge >= 0.3 is 0 Å². The van der Waals surface area contributed by atoms with E-state index in [4.69, 9.17) is 4.74 Å².